The SMILES string of the molecule is O=C(NC1CCCCC1)N1CCCCC[C@H]1c1ccc(Cl)cc1. The minimum atomic E-state index is 0.124. The summed E-state index contributed by atoms with van der Waals surface area (Å²) in [6.07, 6.45) is 10.6. The third-order valence-corrected chi connectivity index (χ3v) is 5.45. The number of carbonyl (C=O) groups excluding carboxylic acids is 1. The molecule has 1 atom stereocenters. The number of likely N-dealkylation sites (tertiary alicyclic amines) is 1. The van der Waals surface area contributed by atoms with Crippen molar-refractivity contribution in [3.8, 4) is 0 Å². The van der Waals surface area contributed by atoms with Crippen LogP contribution in [0.25, 0.3) is 0 Å². The van der Waals surface area contributed by atoms with E-state index in [-0.39, 0.29) is 12.1 Å². The van der Waals surface area contributed by atoms with E-state index in [1.54, 1.807) is 0 Å². The fourth-order valence-corrected chi connectivity index (χ4v) is 4.01. The van der Waals surface area contributed by atoms with Gasteiger partial charge < -0.3 is 10.2 Å². The van der Waals surface area contributed by atoms with Crippen LogP contribution in [0.3, 0.4) is 0 Å². The lowest BCUT2D eigenvalue weighted by Gasteiger charge is -2.33. The summed E-state index contributed by atoms with van der Waals surface area (Å²) >= 11 is 6.02. The Labute approximate surface area is 144 Å². The largest absolute Gasteiger partial charge is 0.335 e. The average Bonchev–Trinajstić information content (AvgIpc) is 2.82. The molecule has 0 aromatic heterocycles. The predicted octanol–water partition coefficient (Wildman–Crippen LogP) is 5.30. The van der Waals surface area contributed by atoms with Crippen molar-refractivity contribution < 1.29 is 4.79 Å². The number of urea groups is 1. The third-order valence-electron chi connectivity index (χ3n) is 5.20. The van der Waals surface area contributed by atoms with Gasteiger partial charge in [-0.25, -0.2) is 4.79 Å². The van der Waals surface area contributed by atoms with Crippen LogP contribution in [0.15, 0.2) is 24.3 Å². The molecule has 1 saturated heterocycles. The van der Waals surface area contributed by atoms with Crippen molar-refractivity contribution in [3.05, 3.63) is 34.9 Å². The van der Waals surface area contributed by atoms with E-state index in [4.69, 9.17) is 11.6 Å². The quantitative estimate of drug-likeness (QED) is 0.782. The van der Waals surface area contributed by atoms with Gasteiger partial charge in [-0.1, -0.05) is 55.8 Å². The van der Waals surface area contributed by atoms with Crippen molar-refractivity contribution in [2.75, 3.05) is 6.54 Å². The Kier molecular flexibility index (Phi) is 5.82. The lowest BCUT2D eigenvalue weighted by molar-refractivity contribution is 0.169. The molecule has 3 nitrogen and oxygen atoms in total. The van der Waals surface area contributed by atoms with Crippen LogP contribution in [-0.2, 0) is 0 Å². The summed E-state index contributed by atoms with van der Waals surface area (Å²) in [4.78, 5) is 14.9. The summed E-state index contributed by atoms with van der Waals surface area (Å²) < 4.78 is 0. The van der Waals surface area contributed by atoms with Crippen molar-refractivity contribution in [2.24, 2.45) is 0 Å². The molecule has 126 valence electrons. The molecule has 1 N–H and O–H groups in total. The third kappa shape index (κ3) is 4.41. The molecule has 2 amide bonds. The Balaban J connectivity index is 1.72. The molecule has 23 heavy (non-hydrogen) atoms. The molecular weight excluding hydrogens is 308 g/mol. The molecule has 2 fully saturated rings. The molecule has 0 radical (unpaired) electrons. The zero-order valence-corrected chi connectivity index (χ0v) is 14.5. The number of carbonyl (C=O) groups is 1. The molecule has 1 aromatic carbocycles. The van der Waals surface area contributed by atoms with E-state index in [2.05, 4.69) is 22.3 Å². The van der Waals surface area contributed by atoms with Crippen molar-refractivity contribution in [2.45, 2.75) is 69.9 Å². The van der Waals surface area contributed by atoms with E-state index < -0.39 is 0 Å². The van der Waals surface area contributed by atoms with Gasteiger partial charge in [-0.05, 0) is 43.4 Å². The number of benzene rings is 1. The van der Waals surface area contributed by atoms with Crippen LogP contribution in [0, 0.1) is 0 Å². The Morgan fingerprint density at radius 2 is 1.61 bits per heavy atom. The number of amides is 2. The molecule has 1 aliphatic carbocycles. The Morgan fingerprint density at radius 3 is 2.35 bits per heavy atom. The van der Waals surface area contributed by atoms with Gasteiger partial charge in [0.1, 0.15) is 0 Å². The van der Waals surface area contributed by atoms with Gasteiger partial charge in [-0.2, -0.15) is 0 Å². The summed E-state index contributed by atoms with van der Waals surface area (Å²) in [6, 6.07) is 8.67. The molecule has 0 unspecified atom stereocenters. The molecule has 1 aliphatic heterocycles. The Morgan fingerprint density at radius 1 is 0.957 bits per heavy atom. The molecule has 1 saturated carbocycles. The lowest BCUT2D eigenvalue weighted by Crippen LogP contribution is -2.46. The molecular formula is C19H27ClN2O. The second-order valence-electron chi connectivity index (χ2n) is 6.89. The maximum absolute atomic E-state index is 12.9. The van der Waals surface area contributed by atoms with E-state index in [9.17, 15) is 4.79 Å². The highest BCUT2D eigenvalue weighted by Gasteiger charge is 2.28. The van der Waals surface area contributed by atoms with Crippen LogP contribution < -0.4 is 5.32 Å². The zero-order valence-electron chi connectivity index (χ0n) is 13.8. The van der Waals surface area contributed by atoms with Crippen molar-refractivity contribution >= 4 is 17.6 Å². The summed E-state index contributed by atoms with van der Waals surface area (Å²) in [6.45, 7) is 0.853. The normalized spacial score (nSPS) is 23.3. The maximum atomic E-state index is 12.9. The molecule has 0 spiro atoms. The molecule has 3 rings (SSSR count). The van der Waals surface area contributed by atoms with Crippen LogP contribution in [0.5, 0.6) is 0 Å². The van der Waals surface area contributed by atoms with Gasteiger partial charge in [0.15, 0.2) is 0 Å². The van der Waals surface area contributed by atoms with E-state index in [0.717, 1.165) is 37.3 Å². The van der Waals surface area contributed by atoms with E-state index in [0.29, 0.717) is 6.04 Å². The summed E-state index contributed by atoms with van der Waals surface area (Å²) in [5.41, 5.74) is 1.20. The number of rotatable bonds is 2. The van der Waals surface area contributed by atoms with Crippen LogP contribution >= 0.6 is 11.6 Å². The first-order valence-corrected chi connectivity index (χ1v) is 9.44. The minimum absolute atomic E-state index is 0.124. The number of nitrogens with zero attached hydrogens (tertiary/aromatic N) is 1. The Bertz CT molecular complexity index is 511. The van der Waals surface area contributed by atoms with Crippen LogP contribution in [0.4, 0.5) is 4.79 Å². The topological polar surface area (TPSA) is 32.3 Å². The number of hydrogen-bond donors (Lipinski definition) is 1. The number of hydrogen-bond acceptors (Lipinski definition) is 1. The van der Waals surface area contributed by atoms with Crippen LogP contribution in [-0.4, -0.2) is 23.5 Å². The molecule has 1 aromatic rings. The van der Waals surface area contributed by atoms with E-state index >= 15 is 0 Å². The van der Waals surface area contributed by atoms with E-state index in [1.807, 2.05) is 12.1 Å². The second-order valence-corrected chi connectivity index (χ2v) is 7.33. The second kappa shape index (κ2) is 8.05. The van der Waals surface area contributed by atoms with Gasteiger partial charge in [0.25, 0.3) is 0 Å². The minimum Gasteiger partial charge on any atom is -0.335 e. The summed E-state index contributed by atoms with van der Waals surface area (Å²) in [5, 5.41) is 4.04. The monoisotopic (exact) mass is 334 g/mol. The molecule has 0 bridgehead atoms. The van der Waals surface area contributed by atoms with Crippen LogP contribution in [0.2, 0.25) is 5.02 Å². The molecule has 4 heteroatoms. The smallest absolute Gasteiger partial charge is 0.318 e. The zero-order chi connectivity index (χ0) is 16.1. The Hall–Kier alpha value is -1.22. The summed E-state index contributed by atoms with van der Waals surface area (Å²) in [5.74, 6) is 0. The van der Waals surface area contributed by atoms with Gasteiger partial charge in [0, 0.05) is 17.6 Å². The predicted molar refractivity (Wildman–Crippen MR) is 94.8 cm³/mol. The highest BCUT2D eigenvalue weighted by Crippen LogP contribution is 2.31. The highest BCUT2D eigenvalue weighted by atomic mass is 35.5. The lowest BCUT2D eigenvalue weighted by atomic mass is 9.95. The first-order valence-electron chi connectivity index (χ1n) is 9.06. The van der Waals surface area contributed by atoms with Gasteiger partial charge in [0.05, 0.1) is 6.04 Å². The van der Waals surface area contributed by atoms with Crippen molar-refractivity contribution in [3.63, 3.8) is 0 Å². The van der Waals surface area contributed by atoms with Gasteiger partial charge in [0.2, 0.25) is 0 Å². The first kappa shape index (κ1) is 16.6. The molecule has 1 heterocycles. The fourth-order valence-electron chi connectivity index (χ4n) is 3.89. The first-order chi connectivity index (χ1) is 11.2. The van der Waals surface area contributed by atoms with Gasteiger partial charge in [-0.15, -0.1) is 0 Å². The summed E-state index contributed by atoms with van der Waals surface area (Å²) in [7, 11) is 0. The fraction of sp³-hybridized carbons (Fsp3) is 0.632. The highest BCUT2D eigenvalue weighted by molar-refractivity contribution is 6.30. The van der Waals surface area contributed by atoms with Crippen LogP contribution in [0.1, 0.15) is 69.4 Å². The van der Waals surface area contributed by atoms with Gasteiger partial charge in [-0.3, -0.25) is 0 Å². The van der Waals surface area contributed by atoms with Gasteiger partial charge >= 0.3 is 6.03 Å². The average molecular weight is 335 g/mol. The van der Waals surface area contributed by atoms with Crippen molar-refractivity contribution in [1.82, 2.24) is 10.2 Å². The standard InChI is InChI=1S/C19H27ClN2O/c20-16-12-10-15(11-13-16)18-9-5-2-6-14-22(18)19(23)21-17-7-3-1-4-8-17/h10-13,17-18H,1-9,14H2,(H,21,23)/t18-/m0/s1. The number of halogens is 1. The maximum Gasteiger partial charge on any atom is 0.318 e. The molecule has 2 aliphatic rings. The number of nitrogens with one attached hydrogen (secondary N) is 1. The van der Waals surface area contributed by atoms with Crippen molar-refractivity contribution in [1.29, 1.82) is 0 Å². The van der Waals surface area contributed by atoms with E-state index in [1.165, 1.54) is 37.7 Å².